The van der Waals surface area contributed by atoms with Gasteiger partial charge in [-0.3, -0.25) is 4.79 Å². The van der Waals surface area contributed by atoms with E-state index < -0.39 is 0 Å². The molecule has 0 fully saturated rings. The molecule has 150 valence electrons. The number of amides is 1. The second-order valence-corrected chi connectivity index (χ2v) is 6.67. The molecular formula is C24H31NO3. The van der Waals surface area contributed by atoms with Gasteiger partial charge in [-0.25, -0.2) is 0 Å². The monoisotopic (exact) mass is 381 g/mol. The molecule has 0 heterocycles. The van der Waals surface area contributed by atoms with Gasteiger partial charge in [0.15, 0.2) is 0 Å². The van der Waals surface area contributed by atoms with Crippen molar-refractivity contribution < 1.29 is 14.3 Å². The van der Waals surface area contributed by atoms with Crippen molar-refractivity contribution in [3.8, 4) is 11.5 Å². The van der Waals surface area contributed by atoms with E-state index in [1.165, 1.54) is 25.3 Å². The van der Waals surface area contributed by atoms with Crippen LogP contribution in [0.25, 0.3) is 6.08 Å². The molecule has 2 rings (SSSR count). The Balaban J connectivity index is 1.76. The normalized spacial score (nSPS) is 10.8. The van der Waals surface area contributed by atoms with Crippen molar-refractivity contribution >= 4 is 17.7 Å². The van der Waals surface area contributed by atoms with Gasteiger partial charge in [-0.2, -0.15) is 0 Å². The van der Waals surface area contributed by atoms with Crippen LogP contribution in [0.15, 0.2) is 54.6 Å². The predicted octanol–water partition coefficient (Wildman–Crippen LogP) is 6.09. The maximum atomic E-state index is 12.1. The number of hydrogen-bond donors (Lipinski definition) is 1. The largest absolute Gasteiger partial charge is 0.494 e. The van der Waals surface area contributed by atoms with Crippen molar-refractivity contribution in [3.05, 3.63) is 60.2 Å². The number of ether oxygens (including phenoxy) is 2. The molecule has 0 bridgehead atoms. The average Bonchev–Trinajstić information content (AvgIpc) is 2.72. The number of unbranched alkanes of at least 4 members (excludes halogenated alkanes) is 3. The van der Waals surface area contributed by atoms with Crippen LogP contribution in [0.4, 0.5) is 5.69 Å². The lowest BCUT2D eigenvalue weighted by Crippen LogP contribution is -2.07. The SMILES string of the molecule is CCCCCCOc1ccc(NC(=O)/C=C/c2ccc(OCCC)cc2)cc1. The van der Waals surface area contributed by atoms with Crippen molar-refractivity contribution in [2.45, 2.75) is 46.0 Å². The minimum absolute atomic E-state index is 0.167. The molecule has 0 atom stereocenters. The number of anilines is 1. The Labute approximate surface area is 168 Å². The Kier molecular flexibility index (Phi) is 9.70. The van der Waals surface area contributed by atoms with E-state index in [4.69, 9.17) is 9.47 Å². The summed E-state index contributed by atoms with van der Waals surface area (Å²) in [5.41, 5.74) is 1.70. The quantitative estimate of drug-likeness (QED) is 0.358. The summed E-state index contributed by atoms with van der Waals surface area (Å²) < 4.78 is 11.3. The van der Waals surface area contributed by atoms with E-state index in [0.29, 0.717) is 6.61 Å². The fraction of sp³-hybridized carbons (Fsp3) is 0.375. The Morgan fingerprint density at radius 1 is 0.821 bits per heavy atom. The molecule has 0 saturated heterocycles. The highest BCUT2D eigenvalue weighted by Gasteiger charge is 2.00. The van der Waals surface area contributed by atoms with Crippen molar-refractivity contribution in [3.63, 3.8) is 0 Å². The molecule has 1 N–H and O–H groups in total. The molecule has 0 aliphatic rings. The fourth-order valence-electron chi connectivity index (χ4n) is 2.60. The number of rotatable bonds is 12. The number of hydrogen-bond acceptors (Lipinski definition) is 3. The first-order valence-corrected chi connectivity index (χ1v) is 10.2. The van der Waals surface area contributed by atoms with Gasteiger partial charge in [0.1, 0.15) is 11.5 Å². The van der Waals surface area contributed by atoms with Crippen LogP contribution < -0.4 is 14.8 Å². The highest BCUT2D eigenvalue weighted by Crippen LogP contribution is 2.17. The molecule has 0 spiro atoms. The van der Waals surface area contributed by atoms with Gasteiger partial charge in [0.2, 0.25) is 5.91 Å². The van der Waals surface area contributed by atoms with Gasteiger partial charge in [0, 0.05) is 11.8 Å². The molecule has 0 unspecified atom stereocenters. The zero-order valence-corrected chi connectivity index (χ0v) is 16.9. The molecule has 4 nitrogen and oxygen atoms in total. The Morgan fingerprint density at radius 2 is 1.46 bits per heavy atom. The Hall–Kier alpha value is -2.75. The van der Waals surface area contributed by atoms with E-state index in [1.54, 1.807) is 6.08 Å². The van der Waals surface area contributed by atoms with Crippen LogP contribution in [0.5, 0.6) is 11.5 Å². The van der Waals surface area contributed by atoms with Crippen molar-refractivity contribution in [1.82, 2.24) is 0 Å². The second-order valence-electron chi connectivity index (χ2n) is 6.67. The minimum atomic E-state index is -0.167. The van der Waals surface area contributed by atoms with Crippen molar-refractivity contribution in [2.75, 3.05) is 18.5 Å². The fourth-order valence-corrected chi connectivity index (χ4v) is 2.60. The molecule has 0 saturated carbocycles. The molecule has 0 aliphatic carbocycles. The molecule has 28 heavy (non-hydrogen) atoms. The topological polar surface area (TPSA) is 47.6 Å². The standard InChI is InChI=1S/C24H31NO3/c1-3-5-6-7-19-28-23-15-11-21(12-16-23)25-24(26)17-10-20-8-13-22(14-9-20)27-18-4-2/h8-17H,3-7,18-19H2,1-2H3,(H,25,26)/b17-10+. The van der Waals surface area contributed by atoms with Gasteiger partial charge in [-0.15, -0.1) is 0 Å². The average molecular weight is 382 g/mol. The van der Waals surface area contributed by atoms with Gasteiger partial charge >= 0.3 is 0 Å². The second kappa shape index (κ2) is 12.6. The van der Waals surface area contributed by atoms with E-state index in [0.717, 1.165) is 42.2 Å². The van der Waals surface area contributed by atoms with Crippen LogP contribution in [0.3, 0.4) is 0 Å². The van der Waals surface area contributed by atoms with E-state index in [1.807, 2.05) is 48.5 Å². The van der Waals surface area contributed by atoms with E-state index in [9.17, 15) is 4.79 Å². The Bertz CT molecular complexity index is 721. The van der Waals surface area contributed by atoms with Crippen LogP contribution >= 0.6 is 0 Å². The first kappa shape index (κ1) is 21.5. The van der Waals surface area contributed by atoms with Crippen molar-refractivity contribution in [1.29, 1.82) is 0 Å². The number of carbonyl (C=O) groups is 1. The number of benzene rings is 2. The van der Waals surface area contributed by atoms with Crippen LogP contribution in [0.1, 0.15) is 51.5 Å². The molecule has 2 aromatic carbocycles. The molecular weight excluding hydrogens is 350 g/mol. The third-order valence-corrected chi connectivity index (χ3v) is 4.17. The minimum Gasteiger partial charge on any atom is -0.494 e. The Morgan fingerprint density at radius 3 is 2.11 bits per heavy atom. The first-order valence-electron chi connectivity index (χ1n) is 10.2. The molecule has 0 radical (unpaired) electrons. The van der Waals surface area contributed by atoms with Crippen LogP contribution in [0, 0.1) is 0 Å². The maximum absolute atomic E-state index is 12.1. The van der Waals surface area contributed by atoms with E-state index in [-0.39, 0.29) is 5.91 Å². The van der Waals surface area contributed by atoms with Gasteiger partial charge in [0.25, 0.3) is 0 Å². The molecule has 2 aromatic rings. The third-order valence-electron chi connectivity index (χ3n) is 4.17. The smallest absolute Gasteiger partial charge is 0.248 e. The first-order chi connectivity index (χ1) is 13.7. The van der Waals surface area contributed by atoms with Gasteiger partial charge < -0.3 is 14.8 Å². The molecule has 0 aliphatic heterocycles. The van der Waals surface area contributed by atoms with E-state index >= 15 is 0 Å². The van der Waals surface area contributed by atoms with Crippen LogP contribution in [-0.4, -0.2) is 19.1 Å². The lowest BCUT2D eigenvalue weighted by atomic mass is 10.2. The number of nitrogens with one attached hydrogen (secondary N) is 1. The summed E-state index contributed by atoms with van der Waals surface area (Å²) in [5.74, 6) is 1.51. The summed E-state index contributed by atoms with van der Waals surface area (Å²) in [6, 6.07) is 15.2. The summed E-state index contributed by atoms with van der Waals surface area (Å²) in [5, 5.41) is 2.86. The summed E-state index contributed by atoms with van der Waals surface area (Å²) in [7, 11) is 0. The highest BCUT2D eigenvalue weighted by molar-refractivity contribution is 6.01. The molecule has 0 aromatic heterocycles. The summed E-state index contributed by atoms with van der Waals surface area (Å²) in [6.45, 7) is 5.71. The molecule has 1 amide bonds. The van der Waals surface area contributed by atoms with Crippen molar-refractivity contribution in [2.24, 2.45) is 0 Å². The van der Waals surface area contributed by atoms with Gasteiger partial charge in [-0.1, -0.05) is 45.2 Å². The summed E-state index contributed by atoms with van der Waals surface area (Å²) in [4.78, 5) is 12.1. The summed E-state index contributed by atoms with van der Waals surface area (Å²) >= 11 is 0. The third kappa shape index (κ3) is 8.30. The zero-order chi connectivity index (χ0) is 20.0. The highest BCUT2D eigenvalue weighted by atomic mass is 16.5. The van der Waals surface area contributed by atoms with E-state index in [2.05, 4.69) is 19.2 Å². The summed E-state index contributed by atoms with van der Waals surface area (Å²) in [6.07, 6.45) is 9.04. The van der Waals surface area contributed by atoms with Crippen LogP contribution in [0.2, 0.25) is 0 Å². The van der Waals surface area contributed by atoms with Gasteiger partial charge in [-0.05, 0) is 60.9 Å². The maximum Gasteiger partial charge on any atom is 0.248 e. The lowest BCUT2D eigenvalue weighted by molar-refractivity contribution is -0.111. The number of carbonyl (C=O) groups excluding carboxylic acids is 1. The molecule has 4 heteroatoms. The van der Waals surface area contributed by atoms with Gasteiger partial charge in [0.05, 0.1) is 13.2 Å². The zero-order valence-electron chi connectivity index (χ0n) is 16.9. The lowest BCUT2D eigenvalue weighted by Gasteiger charge is -2.07. The predicted molar refractivity (Wildman–Crippen MR) is 116 cm³/mol. The van der Waals surface area contributed by atoms with Crippen LogP contribution in [-0.2, 0) is 4.79 Å².